The van der Waals surface area contributed by atoms with Crippen molar-refractivity contribution < 1.29 is 26.2 Å². The van der Waals surface area contributed by atoms with Crippen LogP contribution >= 0.6 is 11.8 Å². The highest BCUT2D eigenvalue weighted by Crippen LogP contribution is 2.30. The normalized spacial score (nSPS) is 13.6. The lowest BCUT2D eigenvalue weighted by Crippen LogP contribution is -2.10. The van der Waals surface area contributed by atoms with Crippen molar-refractivity contribution in [3.63, 3.8) is 0 Å². The molecule has 2 nitrogen and oxygen atoms in total. The minimum absolute atomic E-state index is 0.185. The van der Waals surface area contributed by atoms with Gasteiger partial charge in [-0.1, -0.05) is 11.8 Å². The SMILES string of the molecule is Nc1cc(F)c(S(=O)CCSC(F)(F)F)c(F)c1. The molecule has 0 aliphatic heterocycles. The van der Waals surface area contributed by atoms with Crippen LogP contribution < -0.4 is 5.73 Å². The van der Waals surface area contributed by atoms with Crippen molar-refractivity contribution in [1.82, 2.24) is 0 Å². The first kappa shape index (κ1) is 15.2. The largest absolute Gasteiger partial charge is 0.441 e. The van der Waals surface area contributed by atoms with Crippen molar-refractivity contribution in [2.75, 3.05) is 17.2 Å². The molecular formula is C9H8F5NOS2. The number of hydrogen-bond donors (Lipinski definition) is 1. The van der Waals surface area contributed by atoms with Crippen molar-refractivity contribution in [1.29, 1.82) is 0 Å². The summed E-state index contributed by atoms with van der Waals surface area (Å²) in [5.41, 5.74) is 0.513. The van der Waals surface area contributed by atoms with Crippen LogP contribution in [-0.2, 0) is 10.8 Å². The van der Waals surface area contributed by atoms with Gasteiger partial charge in [-0.05, 0) is 12.1 Å². The molecule has 1 rings (SSSR count). The first-order chi connectivity index (χ1) is 8.20. The summed E-state index contributed by atoms with van der Waals surface area (Å²) in [4.78, 5) is -0.744. The third-order valence-corrected chi connectivity index (χ3v) is 4.20. The van der Waals surface area contributed by atoms with Gasteiger partial charge in [0.05, 0.1) is 10.8 Å². The van der Waals surface area contributed by atoms with Crippen LogP contribution in [0.25, 0.3) is 0 Å². The maximum Gasteiger partial charge on any atom is 0.441 e. The van der Waals surface area contributed by atoms with Gasteiger partial charge in [-0.3, -0.25) is 4.21 Å². The monoisotopic (exact) mass is 305 g/mol. The lowest BCUT2D eigenvalue weighted by molar-refractivity contribution is -0.0326. The molecule has 18 heavy (non-hydrogen) atoms. The molecular weight excluding hydrogens is 297 g/mol. The first-order valence-corrected chi connectivity index (χ1v) is 6.85. The lowest BCUT2D eigenvalue weighted by Gasteiger charge is -2.07. The van der Waals surface area contributed by atoms with Crippen LogP contribution in [0.2, 0.25) is 0 Å². The molecule has 9 heteroatoms. The Hall–Kier alpha value is -0.830. The van der Waals surface area contributed by atoms with Gasteiger partial charge < -0.3 is 5.73 Å². The van der Waals surface area contributed by atoms with Crippen LogP contribution in [0.5, 0.6) is 0 Å². The van der Waals surface area contributed by atoms with Gasteiger partial charge in [0.1, 0.15) is 16.5 Å². The van der Waals surface area contributed by atoms with Gasteiger partial charge in [0.2, 0.25) is 0 Å². The van der Waals surface area contributed by atoms with Gasteiger partial charge in [0, 0.05) is 17.2 Å². The summed E-state index contributed by atoms with van der Waals surface area (Å²) in [6.45, 7) is 0. The van der Waals surface area contributed by atoms with E-state index >= 15 is 0 Å². The van der Waals surface area contributed by atoms with Crippen LogP contribution in [0.4, 0.5) is 27.6 Å². The molecule has 0 saturated carbocycles. The molecule has 1 atom stereocenters. The van der Waals surface area contributed by atoms with Crippen molar-refractivity contribution >= 4 is 28.2 Å². The molecule has 2 N–H and O–H groups in total. The number of anilines is 1. The third kappa shape index (κ3) is 4.45. The summed E-state index contributed by atoms with van der Waals surface area (Å²) in [6, 6.07) is 1.54. The molecule has 0 fully saturated rings. The van der Waals surface area contributed by atoms with E-state index in [2.05, 4.69) is 0 Å². The van der Waals surface area contributed by atoms with Gasteiger partial charge in [-0.15, -0.1) is 0 Å². The number of nitrogen functional groups attached to an aromatic ring is 1. The molecule has 0 aliphatic carbocycles. The molecule has 102 valence electrons. The highest BCUT2D eigenvalue weighted by molar-refractivity contribution is 8.00. The molecule has 1 unspecified atom stereocenters. The second-order valence-electron chi connectivity index (χ2n) is 3.16. The van der Waals surface area contributed by atoms with E-state index in [4.69, 9.17) is 5.73 Å². The number of rotatable bonds is 4. The highest BCUT2D eigenvalue weighted by atomic mass is 32.2. The number of hydrogen-bond acceptors (Lipinski definition) is 3. The zero-order valence-corrected chi connectivity index (χ0v) is 10.4. The Balaban J connectivity index is 2.74. The number of benzene rings is 1. The lowest BCUT2D eigenvalue weighted by atomic mass is 10.3. The molecule has 0 heterocycles. The van der Waals surface area contributed by atoms with Crippen LogP contribution in [0.1, 0.15) is 0 Å². The second-order valence-corrected chi connectivity index (χ2v) is 5.82. The minimum Gasteiger partial charge on any atom is -0.399 e. The summed E-state index contributed by atoms with van der Waals surface area (Å²) in [7, 11) is -2.18. The van der Waals surface area contributed by atoms with Gasteiger partial charge in [0.15, 0.2) is 0 Å². The standard InChI is InChI=1S/C9H8F5NOS2/c10-6-3-5(15)4-7(11)8(6)18(16)2-1-17-9(12,13)14/h3-4H,1-2,15H2. The van der Waals surface area contributed by atoms with Gasteiger partial charge in [0.25, 0.3) is 0 Å². The summed E-state index contributed by atoms with van der Waals surface area (Å²) in [5, 5.41) is 0. The van der Waals surface area contributed by atoms with E-state index in [1.165, 1.54) is 0 Å². The number of nitrogens with two attached hydrogens (primary N) is 1. The van der Waals surface area contributed by atoms with Crippen molar-refractivity contribution in [3.8, 4) is 0 Å². The van der Waals surface area contributed by atoms with Gasteiger partial charge in [-0.2, -0.15) is 13.2 Å². The Labute approximate surface area is 106 Å². The highest BCUT2D eigenvalue weighted by Gasteiger charge is 2.28. The third-order valence-electron chi connectivity index (χ3n) is 1.78. The van der Waals surface area contributed by atoms with E-state index in [1.807, 2.05) is 0 Å². The topological polar surface area (TPSA) is 43.1 Å². The first-order valence-electron chi connectivity index (χ1n) is 4.54. The Morgan fingerprint density at radius 3 is 2.17 bits per heavy atom. The molecule has 0 saturated heterocycles. The molecule has 0 aliphatic rings. The minimum atomic E-state index is -4.46. The van der Waals surface area contributed by atoms with Gasteiger partial charge in [-0.25, -0.2) is 8.78 Å². The summed E-state index contributed by atoms with van der Waals surface area (Å²) < 4.78 is 73.5. The van der Waals surface area contributed by atoms with E-state index in [-0.39, 0.29) is 5.69 Å². The number of alkyl halides is 3. The average Bonchev–Trinajstić information content (AvgIpc) is 2.13. The van der Waals surface area contributed by atoms with E-state index < -0.39 is 56.1 Å². The Morgan fingerprint density at radius 1 is 1.22 bits per heavy atom. The number of halogens is 5. The summed E-state index contributed by atoms with van der Waals surface area (Å²) >= 11 is -0.391. The maximum atomic E-state index is 13.3. The van der Waals surface area contributed by atoms with E-state index in [0.29, 0.717) is 0 Å². The molecule has 0 radical (unpaired) electrons. The predicted octanol–water partition coefficient (Wildman–Crippen LogP) is 2.91. The van der Waals surface area contributed by atoms with Crippen LogP contribution in [0.3, 0.4) is 0 Å². The van der Waals surface area contributed by atoms with Crippen LogP contribution in [0.15, 0.2) is 17.0 Å². The smallest absolute Gasteiger partial charge is 0.399 e. The van der Waals surface area contributed by atoms with Crippen molar-refractivity contribution in [2.24, 2.45) is 0 Å². The Morgan fingerprint density at radius 2 is 1.72 bits per heavy atom. The van der Waals surface area contributed by atoms with Gasteiger partial charge >= 0.3 is 5.51 Å². The quantitative estimate of drug-likeness (QED) is 0.687. The van der Waals surface area contributed by atoms with Crippen molar-refractivity contribution in [2.45, 2.75) is 10.4 Å². The summed E-state index contributed by atoms with van der Waals surface area (Å²) in [6.07, 6.45) is 0. The predicted molar refractivity (Wildman–Crippen MR) is 60.6 cm³/mol. The Kier molecular flexibility index (Phi) is 4.97. The van der Waals surface area contributed by atoms with E-state index in [0.717, 1.165) is 12.1 Å². The van der Waals surface area contributed by atoms with E-state index in [9.17, 15) is 26.2 Å². The molecule has 0 spiro atoms. The van der Waals surface area contributed by atoms with Crippen molar-refractivity contribution in [3.05, 3.63) is 23.8 Å². The van der Waals surface area contributed by atoms with Crippen LogP contribution in [-0.4, -0.2) is 21.2 Å². The fourth-order valence-corrected chi connectivity index (χ4v) is 3.06. The second kappa shape index (κ2) is 5.87. The molecule has 0 bridgehead atoms. The van der Waals surface area contributed by atoms with E-state index in [1.54, 1.807) is 0 Å². The fraction of sp³-hybridized carbons (Fsp3) is 0.333. The zero-order valence-electron chi connectivity index (χ0n) is 8.76. The molecule has 1 aromatic rings. The molecule has 1 aromatic carbocycles. The number of thioether (sulfide) groups is 1. The zero-order chi connectivity index (χ0) is 13.9. The Bertz CT molecular complexity index is 440. The average molecular weight is 305 g/mol. The maximum absolute atomic E-state index is 13.3. The molecule has 0 aromatic heterocycles. The molecule has 0 amide bonds. The fourth-order valence-electron chi connectivity index (χ4n) is 1.13. The summed E-state index contributed by atoms with van der Waals surface area (Å²) in [5.74, 6) is -3.29. The van der Waals surface area contributed by atoms with Crippen LogP contribution in [0, 0.1) is 11.6 Å².